The number of aryl methyl sites for hydroxylation is 1. The molecule has 0 amide bonds. The van der Waals surface area contributed by atoms with Crippen LogP contribution in [0.2, 0.25) is 0 Å². The molecule has 5 heterocycles. The predicted molar refractivity (Wildman–Crippen MR) is 167 cm³/mol. The molecule has 9 rings (SSSR count). The SMILES string of the molecule is [2H]c1c([2H])c([2H])c(-c2cnc(-n3c4[c-]c(Oc5[c-]c(C6=COC7=C8OC=CN8[CH-]N67)ccc5)ccc4c4ccccc43)cc2C)c([2H])c1[2H].[Pt]. The first-order valence-electron chi connectivity index (χ1n) is 16.4. The first-order chi connectivity index (χ1) is 23.8. The molecule has 3 aliphatic heterocycles. The number of fused-ring (bicyclic) bond motifs is 5. The Morgan fingerprint density at radius 1 is 0.911 bits per heavy atom. The topological polar surface area (TPSA) is 52.0 Å². The molecule has 0 spiro atoms. The molecule has 45 heavy (non-hydrogen) atoms. The Labute approximate surface area is 281 Å². The fraction of sp³-hybridized carbons (Fsp3) is 0.0270. The summed E-state index contributed by atoms with van der Waals surface area (Å²) >= 11 is 0. The van der Waals surface area contributed by atoms with Crippen LogP contribution in [0.1, 0.15) is 18.0 Å². The first kappa shape index (κ1) is 22.3. The van der Waals surface area contributed by atoms with E-state index < -0.39 is 6.04 Å². The van der Waals surface area contributed by atoms with Crippen molar-refractivity contribution >= 4 is 27.5 Å². The Bertz CT molecular complexity index is 2480. The van der Waals surface area contributed by atoms with Crippen LogP contribution in [0, 0.1) is 25.7 Å². The molecule has 0 N–H and O–H groups in total. The van der Waals surface area contributed by atoms with Crippen LogP contribution < -0.4 is 4.74 Å². The van der Waals surface area contributed by atoms with Crippen molar-refractivity contribution in [2.45, 2.75) is 6.92 Å². The van der Waals surface area contributed by atoms with Crippen molar-refractivity contribution in [3.63, 3.8) is 0 Å². The van der Waals surface area contributed by atoms with E-state index in [1.807, 2.05) is 94.8 Å². The van der Waals surface area contributed by atoms with Crippen LogP contribution >= 0.6 is 0 Å². The Kier molecular flexibility index (Phi) is 5.31. The monoisotopic (exact) mass is 771 g/mol. The minimum atomic E-state index is -0.432. The van der Waals surface area contributed by atoms with E-state index in [9.17, 15) is 0 Å². The van der Waals surface area contributed by atoms with Crippen molar-refractivity contribution in [2.75, 3.05) is 0 Å². The molecule has 0 bridgehead atoms. The van der Waals surface area contributed by atoms with Crippen LogP contribution in [-0.2, 0) is 30.5 Å². The van der Waals surface area contributed by atoms with E-state index in [4.69, 9.17) is 26.0 Å². The summed E-state index contributed by atoms with van der Waals surface area (Å²) in [7, 11) is 0. The fourth-order valence-corrected chi connectivity index (χ4v) is 5.72. The largest absolute Gasteiger partial charge is 0.503 e. The number of benzene rings is 4. The van der Waals surface area contributed by atoms with E-state index in [2.05, 4.69) is 12.1 Å². The van der Waals surface area contributed by atoms with Crippen LogP contribution in [0.25, 0.3) is 44.4 Å². The van der Waals surface area contributed by atoms with Crippen LogP contribution in [0.3, 0.4) is 0 Å². The van der Waals surface area contributed by atoms with Gasteiger partial charge in [0.2, 0.25) is 11.8 Å². The maximum absolute atomic E-state index is 8.46. The normalized spacial score (nSPS) is 16.3. The van der Waals surface area contributed by atoms with Gasteiger partial charge in [0.25, 0.3) is 0 Å². The summed E-state index contributed by atoms with van der Waals surface area (Å²) < 4.78 is 60.8. The van der Waals surface area contributed by atoms with Gasteiger partial charge in [0, 0.05) is 56.0 Å². The van der Waals surface area contributed by atoms with Crippen molar-refractivity contribution in [3.05, 3.63) is 157 Å². The standard InChI is InChI=1S/C37H23N4O3.Pt/c1-24-18-35(38-21-31(24)25-8-3-2-4-9-25)41-32-13-6-5-12-29(32)30-15-14-28(20-33(30)41)44-27-11-7-10-26(19-27)34-22-43-37-36-39(16-17-42-36)23-40(34)37;/h2-18,21-23H,1H3;/q-3;/i2D,3D,4D,8D,9D;. The van der Waals surface area contributed by atoms with Gasteiger partial charge in [-0.2, -0.15) is 6.07 Å². The molecule has 6 aromatic rings. The molecule has 0 unspecified atom stereocenters. The Hall–Kier alpha value is -5.26. The smallest absolute Gasteiger partial charge is 0.229 e. The van der Waals surface area contributed by atoms with Gasteiger partial charge in [-0.3, -0.25) is 0 Å². The Morgan fingerprint density at radius 2 is 1.78 bits per heavy atom. The van der Waals surface area contributed by atoms with Gasteiger partial charge in [-0.05, 0) is 41.3 Å². The molecule has 222 valence electrons. The van der Waals surface area contributed by atoms with Crippen molar-refractivity contribution in [1.29, 1.82) is 0 Å². The van der Waals surface area contributed by atoms with Gasteiger partial charge < -0.3 is 28.6 Å². The molecule has 0 fully saturated rings. The van der Waals surface area contributed by atoms with Crippen LogP contribution in [0.15, 0.2) is 128 Å². The van der Waals surface area contributed by atoms with Crippen molar-refractivity contribution < 1.29 is 42.1 Å². The summed E-state index contributed by atoms with van der Waals surface area (Å²) in [6, 6.07) is 24.4. The molecule has 0 radical (unpaired) electrons. The maximum Gasteiger partial charge on any atom is 0.229 e. The Morgan fingerprint density at radius 3 is 2.67 bits per heavy atom. The molecule has 0 saturated carbocycles. The molecular weight excluding hydrogens is 744 g/mol. The van der Waals surface area contributed by atoms with E-state index in [0.717, 1.165) is 33.1 Å². The number of hydrogen-bond donors (Lipinski definition) is 0. The molecule has 0 aliphatic carbocycles. The maximum atomic E-state index is 8.46. The zero-order chi connectivity index (χ0) is 33.6. The summed E-state index contributed by atoms with van der Waals surface area (Å²) in [5, 5.41) is 1.95. The predicted octanol–water partition coefficient (Wildman–Crippen LogP) is 8.24. The second kappa shape index (κ2) is 10.7. The Balaban J connectivity index is 0.00000361. The third kappa shape index (κ3) is 4.42. The molecule has 0 saturated heterocycles. The second-order valence-electron chi connectivity index (χ2n) is 10.4. The fourth-order valence-electron chi connectivity index (χ4n) is 5.72. The number of rotatable bonds is 5. The molecule has 7 nitrogen and oxygen atoms in total. The van der Waals surface area contributed by atoms with Gasteiger partial charge in [-0.25, -0.2) is 4.98 Å². The number of para-hydroxylation sites is 1. The van der Waals surface area contributed by atoms with E-state index >= 15 is 0 Å². The van der Waals surface area contributed by atoms with Crippen LogP contribution in [-0.4, -0.2) is 19.4 Å². The van der Waals surface area contributed by atoms with Crippen molar-refractivity contribution in [1.82, 2.24) is 19.4 Å². The molecule has 0 atom stereocenters. The summed E-state index contributed by atoms with van der Waals surface area (Å²) in [5.41, 5.74) is 4.48. The van der Waals surface area contributed by atoms with Crippen LogP contribution in [0.4, 0.5) is 0 Å². The minimum absolute atomic E-state index is 0. The molecule has 4 aromatic carbocycles. The van der Waals surface area contributed by atoms with Gasteiger partial charge >= 0.3 is 0 Å². The first-order valence-corrected chi connectivity index (χ1v) is 13.9. The third-order valence-electron chi connectivity index (χ3n) is 7.73. The number of ether oxygens (including phenoxy) is 3. The van der Waals surface area contributed by atoms with E-state index in [1.54, 1.807) is 18.7 Å². The van der Waals surface area contributed by atoms with E-state index in [1.165, 1.54) is 0 Å². The number of aromatic nitrogens is 2. The minimum Gasteiger partial charge on any atom is -0.503 e. The molecule has 8 heteroatoms. The summed E-state index contributed by atoms with van der Waals surface area (Å²) in [4.78, 5) is 8.48. The van der Waals surface area contributed by atoms with E-state index in [0.29, 0.717) is 40.2 Å². The van der Waals surface area contributed by atoms with Crippen LogP contribution in [0.5, 0.6) is 11.5 Å². The van der Waals surface area contributed by atoms with Crippen molar-refractivity contribution in [3.8, 4) is 28.4 Å². The zero-order valence-electron chi connectivity index (χ0n) is 28.5. The van der Waals surface area contributed by atoms with E-state index in [-0.39, 0.29) is 50.8 Å². The van der Waals surface area contributed by atoms with Gasteiger partial charge in [-0.15, -0.1) is 48.0 Å². The number of pyridine rings is 1. The van der Waals surface area contributed by atoms with Gasteiger partial charge in [0.1, 0.15) is 12.1 Å². The van der Waals surface area contributed by atoms with Crippen molar-refractivity contribution in [2.24, 2.45) is 0 Å². The average Bonchev–Trinajstić information content (AvgIpc) is 3.88. The summed E-state index contributed by atoms with van der Waals surface area (Å²) in [5.74, 6) is 2.73. The van der Waals surface area contributed by atoms with Gasteiger partial charge in [-0.1, -0.05) is 60.0 Å². The average molecular weight is 772 g/mol. The number of hydrogen-bond acceptors (Lipinski definition) is 6. The second-order valence-corrected chi connectivity index (χ2v) is 10.4. The third-order valence-corrected chi connectivity index (χ3v) is 7.73. The molecule has 3 aliphatic rings. The quantitative estimate of drug-likeness (QED) is 0.165. The zero-order valence-corrected chi connectivity index (χ0v) is 25.8. The summed E-state index contributed by atoms with van der Waals surface area (Å²) in [6.45, 7) is 3.72. The molecule has 2 aromatic heterocycles. The van der Waals surface area contributed by atoms with Gasteiger partial charge in [0.15, 0.2) is 0 Å². The molecular formula is C37H23N4O3Pt-3. The van der Waals surface area contributed by atoms with Gasteiger partial charge in [0.05, 0.1) is 13.1 Å². The number of nitrogens with zero attached hydrogens (tertiary/aromatic N) is 4. The summed E-state index contributed by atoms with van der Waals surface area (Å²) in [6.07, 6.45) is 6.62.